The van der Waals surface area contributed by atoms with Crippen LogP contribution < -0.4 is 4.72 Å². The van der Waals surface area contributed by atoms with Gasteiger partial charge < -0.3 is 5.11 Å². The molecule has 20 heavy (non-hydrogen) atoms. The molecule has 0 amide bonds. The third-order valence-electron chi connectivity index (χ3n) is 3.38. The van der Waals surface area contributed by atoms with Gasteiger partial charge in [-0.25, -0.2) is 17.9 Å². The summed E-state index contributed by atoms with van der Waals surface area (Å²) in [6.07, 6.45) is 2.11. The summed E-state index contributed by atoms with van der Waals surface area (Å²) in [7, 11) is -3.81. The number of carbonyl (C=O) groups is 1. The maximum absolute atomic E-state index is 12.2. The van der Waals surface area contributed by atoms with Crippen LogP contribution in [0.3, 0.4) is 0 Å². The molecule has 0 heterocycles. The Labute approximate surface area is 117 Å². The van der Waals surface area contributed by atoms with Crippen LogP contribution in [0, 0.1) is 17.2 Å². The van der Waals surface area contributed by atoms with Crippen LogP contribution in [0.25, 0.3) is 0 Å². The van der Waals surface area contributed by atoms with Gasteiger partial charge in [0.25, 0.3) is 0 Å². The van der Waals surface area contributed by atoms with Gasteiger partial charge in [-0.05, 0) is 31.0 Å². The predicted octanol–water partition coefficient (Wildman–Crippen LogP) is 1.36. The number of nitrogens with zero attached hydrogens (tertiary/aromatic N) is 1. The van der Waals surface area contributed by atoms with Crippen molar-refractivity contribution in [2.24, 2.45) is 5.92 Å². The molecule has 2 rings (SSSR count). The van der Waals surface area contributed by atoms with Crippen molar-refractivity contribution in [3.8, 4) is 6.07 Å². The second-order valence-electron chi connectivity index (χ2n) is 4.73. The first-order valence-corrected chi connectivity index (χ1v) is 7.67. The van der Waals surface area contributed by atoms with Crippen LogP contribution in [0.1, 0.15) is 29.6 Å². The largest absolute Gasteiger partial charge is 0.478 e. The first kappa shape index (κ1) is 14.5. The van der Waals surface area contributed by atoms with Crippen LogP contribution >= 0.6 is 0 Å². The SMILES string of the molecule is N#CC1CCCC1NS(=O)(=O)c1cccc(C(=O)O)c1. The smallest absolute Gasteiger partial charge is 0.335 e. The second kappa shape index (κ2) is 5.61. The molecule has 0 saturated heterocycles. The summed E-state index contributed by atoms with van der Waals surface area (Å²) >= 11 is 0. The molecule has 7 heteroatoms. The molecular formula is C13H14N2O4S. The van der Waals surface area contributed by atoms with Gasteiger partial charge in [0.2, 0.25) is 10.0 Å². The molecule has 1 fully saturated rings. The Balaban J connectivity index is 2.25. The minimum Gasteiger partial charge on any atom is -0.478 e. The quantitative estimate of drug-likeness (QED) is 0.871. The lowest BCUT2D eigenvalue weighted by Crippen LogP contribution is -2.36. The van der Waals surface area contributed by atoms with E-state index in [2.05, 4.69) is 10.8 Å². The van der Waals surface area contributed by atoms with Crippen LogP contribution in [-0.4, -0.2) is 25.5 Å². The number of hydrogen-bond donors (Lipinski definition) is 2. The van der Waals surface area contributed by atoms with Crippen molar-refractivity contribution < 1.29 is 18.3 Å². The number of benzene rings is 1. The van der Waals surface area contributed by atoms with Crippen LogP contribution in [0.4, 0.5) is 0 Å². The van der Waals surface area contributed by atoms with Gasteiger partial charge in [0.1, 0.15) is 0 Å². The third kappa shape index (κ3) is 2.98. The first-order chi connectivity index (χ1) is 9.44. The summed E-state index contributed by atoms with van der Waals surface area (Å²) < 4.78 is 26.9. The van der Waals surface area contributed by atoms with Gasteiger partial charge in [-0.1, -0.05) is 12.5 Å². The number of aromatic carboxylic acids is 1. The molecule has 1 aromatic carbocycles. The van der Waals surface area contributed by atoms with Crippen molar-refractivity contribution >= 4 is 16.0 Å². The average molecular weight is 294 g/mol. The van der Waals surface area contributed by atoms with Crippen molar-refractivity contribution in [2.75, 3.05) is 0 Å². The number of carboxylic acid groups (broad SMARTS) is 1. The van der Waals surface area contributed by atoms with Gasteiger partial charge in [0, 0.05) is 6.04 Å². The van der Waals surface area contributed by atoms with Crippen LogP contribution in [0.2, 0.25) is 0 Å². The summed E-state index contributed by atoms with van der Waals surface area (Å²) in [4.78, 5) is 10.8. The van der Waals surface area contributed by atoms with E-state index in [1.807, 2.05) is 0 Å². The van der Waals surface area contributed by atoms with Crippen LogP contribution in [-0.2, 0) is 10.0 Å². The van der Waals surface area contributed by atoms with Crippen LogP contribution in [0.15, 0.2) is 29.2 Å². The Morgan fingerprint density at radius 2 is 2.15 bits per heavy atom. The second-order valence-corrected chi connectivity index (χ2v) is 6.44. The summed E-state index contributed by atoms with van der Waals surface area (Å²) in [5.41, 5.74) is -0.0869. The highest BCUT2D eigenvalue weighted by atomic mass is 32.2. The summed E-state index contributed by atoms with van der Waals surface area (Å²) in [5, 5.41) is 17.8. The van der Waals surface area contributed by atoms with E-state index in [-0.39, 0.29) is 16.4 Å². The van der Waals surface area contributed by atoms with Gasteiger partial charge in [-0.3, -0.25) is 0 Å². The Morgan fingerprint density at radius 3 is 2.80 bits per heavy atom. The molecule has 0 aliphatic heterocycles. The highest BCUT2D eigenvalue weighted by Gasteiger charge is 2.31. The Hall–Kier alpha value is -1.91. The molecule has 1 aliphatic rings. The van der Waals surface area contributed by atoms with Gasteiger partial charge in [-0.15, -0.1) is 0 Å². The zero-order valence-electron chi connectivity index (χ0n) is 10.6. The molecule has 1 saturated carbocycles. The Morgan fingerprint density at radius 1 is 1.40 bits per heavy atom. The molecule has 0 spiro atoms. The van der Waals surface area contributed by atoms with E-state index in [9.17, 15) is 13.2 Å². The number of rotatable bonds is 4. The lowest BCUT2D eigenvalue weighted by Gasteiger charge is -2.15. The van der Waals surface area contributed by atoms with E-state index in [0.29, 0.717) is 12.8 Å². The lowest BCUT2D eigenvalue weighted by molar-refractivity contribution is 0.0696. The normalized spacial score (nSPS) is 22.4. The standard InChI is InChI=1S/C13H14N2O4S/c14-8-10-4-2-6-12(10)15-20(18,19)11-5-1-3-9(7-11)13(16)17/h1,3,5,7,10,12,15H,2,4,6H2,(H,16,17). The van der Waals surface area contributed by atoms with E-state index >= 15 is 0 Å². The van der Waals surface area contributed by atoms with Crippen LogP contribution in [0.5, 0.6) is 0 Å². The minimum atomic E-state index is -3.81. The molecule has 2 unspecified atom stereocenters. The van der Waals surface area contributed by atoms with Crippen molar-refractivity contribution in [3.63, 3.8) is 0 Å². The molecule has 2 N–H and O–H groups in total. The number of hydrogen-bond acceptors (Lipinski definition) is 4. The molecular weight excluding hydrogens is 280 g/mol. The zero-order chi connectivity index (χ0) is 14.8. The molecule has 106 valence electrons. The highest BCUT2D eigenvalue weighted by molar-refractivity contribution is 7.89. The predicted molar refractivity (Wildman–Crippen MR) is 70.5 cm³/mol. The van der Waals surface area contributed by atoms with E-state index < -0.39 is 22.0 Å². The lowest BCUT2D eigenvalue weighted by atomic mass is 10.1. The first-order valence-electron chi connectivity index (χ1n) is 6.19. The Bertz CT molecular complexity index is 663. The average Bonchev–Trinajstić information content (AvgIpc) is 2.85. The van der Waals surface area contributed by atoms with Crippen molar-refractivity contribution in [1.82, 2.24) is 4.72 Å². The van der Waals surface area contributed by atoms with Crippen molar-refractivity contribution in [1.29, 1.82) is 5.26 Å². The van der Waals surface area contributed by atoms with E-state index in [1.165, 1.54) is 18.2 Å². The van der Waals surface area contributed by atoms with Crippen molar-refractivity contribution in [2.45, 2.75) is 30.2 Å². The molecule has 0 aromatic heterocycles. The Kier molecular flexibility index (Phi) is 4.06. The topological polar surface area (TPSA) is 107 Å². The van der Waals surface area contributed by atoms with Gasteiger partial charge >= 0.3 is 5.97 Å². The van der Waals surface area contributed by atoms with Gasteiger partial charge in [0.15, 0.2) is 0 Å². The monoisotopic (exact) mass is 294 g/mol. The van der Waals surface area contributed by atoms with Crippen molar-refractivity contribution in [3.05, 3.63) is 29.8 Å². The molecule has 1 aromatic rings. The summed E-state index contributed by atoms with van der Waals surface area (Å²) in [5.74, 6) is -1.51. The number of nitrogens with one attached hydrogen (secondary N) is 1. The maximum Gasteiger partial charge on any atom is 0.335 e. The summed E-state index contributed by atoms with van der Waals surface area (Å²) in [6, 6.07) is 6.85. The number of nitriles is 1. The van der Waals surface area contributed by atoms with Gasteiger partial charge in [-0.2, -0.15) is 5.26 Å². The number of carboxylic acids is 1. The summed E-state index contributed by atoms with van der Waals surface area (Å²) in [6.45, 7) is 0. The fourth-order valence-electron chi connectivity index (χ4n) is 2.32. The van der Waals surface area contributed by atoms with E-state index in [4.69, 9.17) is 10.4 Å². The minimum absolute atomic E-state index is 0.0869. The maximum atomic E-state index is 12.2. The molecule has 2 atom stereocenters. The molecule has 6 nitrogen and oxygen atoms in total. The fraction of sp³-hybridized carbons (Fsp3) is 0.385. The molecule has 1 aliphatic carbocycles. The zero-order valence-corrected chi connectivity index (χ0v) is 11.4. The van der Waals surface area contributed by atoms with Gasteiger partial charge in [0.05, 0.1) is 22.4 Å². The fourth-order valence-corrected chi connectivity index (χ4v) is 3.68. The molecule has 0 bridgehead atoms. The van der Waals surface area contributed by atoms with E-state index in [0.717, 1.165) is 12.5 Å². The molecule has 0 radical (unpaired) electrons. The van der Waals surface area contributed by atoms with E-state index in [1.54, 1.807) is 0 Å². The highest BCUT2D eigenvalue weighted by Crippen LogP contribution is 2.26. The third-order valence-corrected chi connectivity index (χ3v) is 4.87. The number of sulfonamides is 1.